The summed E-state index contributed by atoms with van der Waals surface area (Å²) in [5.74, 6) is -0.527. The maximum Gasteiger partial charge on any atom is 0.303 e. The lowest BCUT2D eigenvalue weighted by molar-refractivity contribution is -0.140. The van der Waals surface area contributed by atoms with Gasteiger partial charge < -0.3 is 15.3 Å². The van der Waals surface area contributed by atoms with Gasteiger partial charge in [-0.1, -0.05) is 66.7 Å². The third-order valence-corrected chi connectivity index (χ3v) is 9.29. The number of amides is 1. The van der Waals surface area contributed by atoms with Crippen LogP contribution in [0.5, 0.6) is 0 Å². The molecule has 3 aromatic rings. The highest BCUT2D eigenvalue weighted by molar-refractivity contribution is 7.83. The molecule has 0 radical (unpaired) electrons. The number of carbonyl (C=O) groups is 2. The van der Waals surface area contributed by atoms with Crippen molar-refractivity contribution in [2.24, 2.45) is 5.92 Å². The lowest BCUT2D eigenvalue weighted by Crippen LogP contribution is -2.51. The molecule has 1 unspecified atom stereocenters. The molecule has 3 aromatic carbocycles. The minimum absolute atomic E-state index is 0.0191. The van der Waals surface area contributed by atoms with E-state index in [1.807, 2.05) is 66.7 Å². The topological polar surface area (TPSA) is 98.7 Å². The van der Waals surface area contributed by atoms with E-state index in [4.69, 9.17) is 5.11 Å². The van der Waals surface area contributed by atoms with Gasteiger partial charge in [-0.05, 0) is 66.5 Å². The van der Waals surface area contributed by atoms with Crippen LogP contribution in [-0.4, -0.2) is 51.8 Å². The van der Waals surface area contributed by atoms with Crippen LogP contribution in [0.4, 0.5) is 0 Å². The second-order valence-electron chi connectivity index (χ2n) is 10.7. The first-order valence-electron chi connectivity index (χ1n) is 14.1. The number of nitrogens with one attached hydrogen (secondary N) is 2. The second-order valence-corrected chi connectivity index (χ2v) is 12.0. The molecule has 210 valence electrons. The smallest absolute Gasteiger partial charge is 0.303 e. The number of rotatable bonds is 9. The maximum atomic E-state index is 13.5. The van der Waals surface area contributed by atoms with Crippen molar-refractivity contribution < 1.29 is 18.9 Å². The van der Waals surface area contributed by atoms with Crippen LogP contribution in [-0.2, 0) is 27.0 Å². The van der Waals surface area contributed by atoms with E-state index in [0.717, 1.165) is 66.9 Å². The summed E-state index contributed by atoms with van der Waals surface area (Å²) in [6, 6.07) is 26.1. The Hall–Kier alpha value is -3.33. The van der Waals surface area contributed by atoms with Gasteiger partial charge in [0.1, 0.15) is 11.0 Å². The molecular weight excluding hydrogens is 522 g/mol. The Balaban J connectivity index is 1.12. The summed E-state index contributed by atoms with van der Waals surface area (Å²) in [7, 11) is -1.32. The Morgan fingerprint density at radius 2 is 1.55 bits per heavy atom. The summed E-state index contributed by atoms with van der Waals surface area (Å²) < 4.78 is 16.4. The molecule has 7 nitrogen and oxygen atoms in total. The zero-order valence-electron chi connectivity index (χ0n) is 22.6. The van der Waals surface area contributed by atoms with Crippen molar-refractivity contribution in [2.45, 2.75) is 55.5 Å². The molecule has 0 spiro atoms. The standard InChI is InChI=1S/C32H37N3O4S/c36-31(37)19-8-23-6-9-24(10-7-23)25-13-17-29(18-14-25)40(39)34-28-15-11-27(12-16-28)32(38)35-21-20-33-22-30(35)26-4-2-1-3-5-26/h1-7,9-10,13-14,17-18,27-28,30,33-34H,8,11-12,15-16,19-22H2,(H,36,37)/t27?,28?,30-,40?/m1/s1. The van der Waals surface area contributed by atoms with Gasteiger partial charge in [-0.15, -0.1) is 0 Å². The first kappa shape index (κ1) is 28.2. The number of aryl methyl sites for hydroxylation is 1. The molecule has 0 aromatic heterocycles. The molecular formula is C32H37N3O4S. The van der Waals surface area contributed by atoms with E-state index < -0.39 is 17.0 Å². The SMILES string of the molecule is O=C(O)CCc1ccc(-c2ccc(S(=O)NC3CCC(C(=O)N4CCNC[C@@H]4c4ccccc4)CC3)cc2)cc1. The third-order valence-electron chi connectivity index (χ3n) is 8.04. The monoisotopic (exact) mass is 559 g/mol. The molecule has 40 heavy (non-hydrogen) atoms. The van der Waals surface area contributed by atoms with Crippen LogP contribution in [0.2, 0.25) is 0 Å². The summed E-state index contributed by atoms with van der Waals surface area (Å²) >= 11 is 0. The Labute approximate surface area is 238 Å². The molecule has 1 aliphatic heterocycles. The van der Waals surface area contributed by atoms with Crippen molar-refractivity contribution in [3.05, 3.63) is 90.0 Å². The average Bonchev–Trinajstić information content (AvgIpc) is 3.01. The van der Waals surface area contributed by atoms with E-state index in [1.165, 1.54) is 5.56 Å². The second kappa shape index (κ2) is 13.4. The van der Waals surface area contributed by atoms with Gasteiger partial charge in [-0.25, -0.2) is 8.93 Å². The zero-order chi connectivity index (χ0) is 27.9. The number of benzene rings is 3. The van der Waals surface area contributed by atoms with Crippen LogP contribution in [0.3, 0.4) is 0 Å². The van der Waals surface area contributed by atoms with Gasteiger partial charge in [0.05, 0.1) is 10.9 Å². The molecule has 1 amide bonds. The summed E-state index contributed by atoms with van der Waals surface area (Å²) in [6.07, 6.45) is 3.91. The molecule has 1 saturated heterocycles. The highest BCUT2D eigenvalue weighted by atomic mass is 32.2. The number of nitrogens with zero attached hydrogens (tertiary/aromatic N) is 1. The van der Waals surface area contributed by atoms with Gasteiger partial charge in [0.2, 0.25) is 5.91 Å². The molecule has 3 N–H and O–H groups in total. The fourth-order valence-corrected chi connectivity index (χ4v) is 6.80. The first-order valence-corrected chi connectivity index (χ1v) is 15.3. The predicted octanol–water partition coefficient (Wildman–Crippen LogP) is 4.71. The number of hydrogen-bond acceptors (Lipinski definition) is 4. The quantitative estimate of drug-likeness (QED) is 0.353. The first-order chi connectivity index (χ1) is 19.5. The van der Waals surface area contributed by atoms with Crippen LogP contribution in [0.25, 0.3) is 11.1 Å². The van der Waals surface area contributed by atoms with Gasteiger partial charge in [0.15, 0.2) is 0 Å². The Morgan fingerprint density at radius 1 is 0.900 bits per heavy atom. The number of carboxylic acid groups (broad SMARTS) is 1. The fourth-order valence-electron chi connectivity index (χ4n) is 5.74. The van der Waals surface area contributed by atoms with E-state index in [-0.39, 0.29) is 30.3 Å². The number of aliphatic carboxylic acids is 1. The van der Waals surface area contributed by atoms with Crippen molar-refractivity contribution in [1.82, 2.24) is 14.9 Å². The largest absolute Gasteiger partial charge is 0.481 e. The molecule has 8 heteroatoms. The van der Waals surface area contributed by atoms with Crippen molar-refractivity contribution in [3.8, 4) is 11.1 Å². The van der Waals surface area contributed by atoms with Crippen LogP contribution in [0.15, 0.2) is 83.8 Å². The summed E-state index contributed by atoms with van der Waals surface area (Å²) in [5, 5.41) is 12.3. The van der Waals surface area contributed by atoms with Gasteiger partial charge in [0.25, 0.3) is 0 Å². The minimum Gasteiger partial charge on any atom is -0.481 e. The van der Waals surface area contributed by atoms with Gasteiger partial charge in [-0.3, -0.25) is 9.59 Å². The summed E-state index contributed by atoms with van der Waals surface area (Å²) in [5.41, 5.74) is 4.22. The van der Waals surface area contributed by atoms with Crippen LogP contribution >= 0.6 is 0 Å². The van der Waals surface area contributed by atoms with E-state index >= 15 is 0 Å². The van der Waals surface area contributed by atoms with Crippen molar-refractivity contribution in [3.63, 3.8) is 0 Å². The van der Waals surface area contributed by atoms with Crippen molar-refractivity contribution in [1.29, 1.82) is 0 Å². The van der Waals surface area contributed by atoms with E-state index in [2.05, 4.69) is 27.1 Å². The molecule has 0 bridgehead atoms. The molecule has 2 fully saturated rings. The molecule has 2 aliphatic rings. The highest BCUT2D eigenvalue weighted by Gasteiger charge is 2.34. The van der Waals surface area contributed by atoms with Gasteiger partial charge >= 0.3 is 5.97 Å². The molecule has 1 aliphatic carbocycles. The van der Waals surface area contributed by atoms with Crippen LogP contribution < -0.4 is 10.0 Å². The third kappa shape index (κ3) is 7.05. The molecule has 1 saturated carbocycles. The average molecular weight is 560 g/mol. The number of carboxylic acids is 1. The summed E-state index contributed by atoms with van der Waals surface area (Å²) in [4.78, 5) is 27.1. The van der Waals surface area contributed by atoms with Crippen molar-refractivity contribution in [2.75, 3.05) is 19.6 Å². The Bertz CT molecular complexity index is 1310. The van der Waals surface area contributed by atoms with Gasteiger partial charge in [-0.2, -0.15) is 0 Å². The summed E-state index contributed by atoms with van der Waals surface area (Å²) in [6.45, 7) is 2.33. The molecule has 5 rings (SSSR count). The van der Waals surface area contributed by atoms with E-state index in [1.54, 1.807) is 0 Å². The number of hydrogen-bond donors (Lipinski definition) is 3. The fraction of sp³-hybridized carbons (Fsp3) is 0.375. The highest BCUT2D eigenvalue weighted by Crippen LogP contribution is 2.31. The lowest BCUT2D eigenvalue weighted by Gasteiger charge is -2.40. The lowest BCUT2D eigenvalue weighted by atomic mass is 9.85. The number of carbonyl (C=O) groups excluding carboxylic acids is 1. The predicted molar refractivity (Wildman–Crippen MR) is 157 cm³/mol. The molecule has 1 heterocycles. The molecule has 2 atom stereocenters. The van der Waals surface area contributed by atoms with Crippen molar-refractivity contribution >= 4 is 22.9 Å². The minimum atomic E-state index is -1.32. The Kier molecular flexibility index (Phi) is 9.41. The van der Waals surface area contributed by atoms with Crippen LogP contribution in [0.1, 0.15) is 49.3 Å². The number of piperazine rings is 1. The Morgan fingerprint density at radius 3 is 2.20 bits per heavy atom. The zero-order valence-corrected chi connectivity index (χ0v) is 23.4. The maximum absolute atomic E-state index is 13.5. The van der Waals surface area contributed by atoms with E-state index in [0.29, 0.717) is 6.42 Å². The normalized spacial score (nSPS) is 22.0. The van der Waals surface area contributed by atoms with Gasteiger partial charge in [0, 0.05) is 38.0 Å². The van der Waals surface area contributed by atoms with Crippen LogP contribution in [0, 0.1) is 5.92 Å². The van der Waals surface area contributed by atoms with E-state index in [9.17, 15) is 13.8 Å².